The highest BCUT2D eigenvalue weighted by Gasteiger charge is 2.37. The lowest BCUT2D eigenvalue weighted by atomic mass is 10.0. The highest BCUT2D eigenvalue weighted by Crippen LogP contribution is 2.18. The van der Waals surface area contributed by atoms with Crippen molar-refractivity contribution in [3.63, 3.8) is 0 Å². The van der Waals surface area contributed by atoms with Gasteiger partial charge < -0.3 is 10.5 Å². The van der Waals surface area contributed by atoms with Gasteiger partial charge in [-0.1, -0.05) is 0 Å². The second kappa shape index (κ2) is 4.77. The van der Waals surface area contributed by atoms with Crippen molar-refractivity contribution in [3.05, 3.63) is 24.3 Å². The summed E-state index contributed by atoms with van der Waals surface area (Å²) in [6.07, 6.45) is 5.01. The molecule has 92 valence electrons. The average molecular weight is 236 g/mol. The number of morpholine rings is 1. The van der Waals surface area contributed by atoms with Gasteiger partial charge >= 0.3 is 0 Å². The molecule has 0 radical (unpaired) electrons. The van der Waals surface area contributed by atoms with E-state index in [-0.39, 0.29) is 0 Å². The molecule has 6 heteroatoms. The molecule has 0 spiro atoms. The molecule has 1 atom stereocenters. The molecule has 1 aromatic heterocycles. The smallest absolute Gasteiger partial charge is 0.250 e. The summed E-state index contributed by atoms with van der Waals surface area (Å²) in [6.45, 7) is 4.12. The number of aromatic nitrogens is 2. The van der Waals surface area contributed by atoms with Crippen LogP contribution in [0.2, 0.25) is 0 Å². The number of hydrogen-bond acceptors (Lipinski definition) is 5. The van der Waals surface area contributed by atoms with Crippen LogP contribution in [0.1, 0.15) is 12.6 Å². The minimum Gasteiger partial charge on any atom is -0.367 e. The third kappa shape index (κ3) is 2.78. The predicted molar refractivity (Wildman–Crippen MR) is 60.9 cm³/mol. The fourth-order valence-corrected chi connectivity index (χ4v) is 1.88. The summed E-state index contributed by atoms with van der Waals surface area (Å²) >= 11 is 0. The van der Waals surface area contributed by atoms with Crippen molar-refractivity contribution in [3.8, 4) is 0 Å². The fraction of sp³-hybridized carbons (Fsp3) is 0.545. The number of carbonyl (C=O) groups is 1. The Balaban J connectivity index is 2.01. The van der Waals surface area contributed by atoms with E-state index in [1.807, 2.05) is 0 Å². The van der Waals surface area contributed by atoms with Gasteiger partial charge in [0.05, 0.1) is 12.3 Å². The summed E-state index contributed by atoms with van der Waals surface area (Å²) in [5, 5.41) is 0. The predicted octanol–water partition coefficient (Wildman–Crippen LogP) is -0.447. The van der Waals surface area contributed by atoms with Gasteiger partial charge in [0.2, 0.25) is 0 Å². The molecule has 6 nitrogen and oxygen atoms in total. The molecule has 1 saturated heterocycles. The lowest BCUT2D eigenvalue weighted by molar-refractivity contribution is -0.153. The summed E-state index contributed by atoms with van der Waals surface area (Å²) in [7, 11) is 0. The Hall–Kier alpha value is -1.53. The Morgan fingerprint density at radius 2 is 2.47 bits per heavy atom. The standard InChI is InChI=1S/C11H16N4O2/c1-11(10(12)16)8-15(4-5-17-11)7-9-6-13-2-3-14-9/h2-3,6H,4-5,7-8H2,1H3,(H2,12,16). The minimum atomic E-state index is -0.902. The van der Waals surface area contributed by atoms with Gasteiger partial charge in [0, 0.05) is 38.2 Å². The van der Waals surface area contributed by atoms with Crippen molar-refractivity contribution in [1.29, 1.82) is 0 Å². The van der Waals surface area contributed by atoms with Crippen LogP contribution in [0.3, 0.4) is 0 Å². The second-order valence-electron chi connectivity index (χ2n) is 4.35. The molecule has 0 bridgehead atoms. The molecule has 1 unspecified atom stereocenters. The molecule has 1 amide bonds. The molecule has 2 rings (SSSR count). The maximum atomic E-state index is 11.3. The van der Waals surface area contributed by atoms with Crippen molar-refractivity contribution >= 4 is 5.91 Å². The molecule has 17 heavy (non-hydrogen) atoms. The van der Waals surface area contributed by atoms with Gasteiger partial charge in [-0.3, -0.25) is 19.7 Å². The Labute approximate surface area is 99.8 Å². The zero-order valence-electron chi connectivity index (χ0n) is 9.80. The summed E-state index contributed by atoms with van der Waals surface area (Å²) in [6, 6.07) is 0. The van der Waals surface area contributed by atoms with E-state index in [0.717, 1.165) is 12.2 Å². The van der Waals surface area contributed by atoms with Crippen LogP contribution in [-0.4, -0.2) is 46.1 Å². The summed E-state index contributed by atoms with van der Waals surface area (Å²) in [5.41, 5.74) is 5.31. The first-order chi connectivity index (χ1) is 8.10. The number of nitrogens with two attached hydrogens (primary N) is 1. The fourth-order valence-electron chi connectivity index (χ4n) is 1.88. The van der Waals surface area contributed by atoms with Crippen LogP contribution >= 0.6 is 0 Å². The van der Waals surface area contributed by atoms with Gasteiger partial charge in [0.15, 0.2) is 5.60 Å². The lowest BCUT2D eigenvalue weighted by Crippen LogP contribution is -2.56. The topological polar surface area (TPSA) is 81.3 Å². The van der Waals surface area contributed by atoms with E-state index < -0.39 is 11.5 Å². The first kappa shape index (κ1) is 11.9. The average Bonchev–Trinajstić information content (AvgIpc) is 2.30. The summed E-state index contributed by atoms with van der Waals surface area (Å²) in [4.78, 5) is 21.6. The van der Waals surface area contributed by atoms with Crippen LogP contribution in [0.15, 0.2) is 18.6 Å². The molecule has 1 aliphatic heterocycles. The van der Waals surface area contributed by atoms with Crippen LogP contribution in [-0.2, 0) is 16.1 Å². The van der Waals surface area contributed by atoms with Gasteiger partial charge in [-0.15, -0.1) is 0 Å². The quantitative estimate of drug-likeness (QED) is 0.769. The summed E-state index contributed by atoms with van der Waals surface area (Å²) < 4.78 is 5.44. The Morgan fingerprint density at radius 1 is 1.65 bits per heavy atom. The Bertz CT molecular complexity index is 398. The molecule has 1 aliphatic rings. The number of hydrogen-bond donors (Lipinski definition) is 1. The first-order valence-electron chi connectivity index (χ1n) is 5.51. The highest BCUT2D eigenvalue weighted by atomic mass is 16.5. The maximum absolute atomic E-state index is 11.3. The van der Waals surface area contributed by atoms with Gasteiger partial charge in [0.1, 0.15) is 0 Å². The van der Waals surface area contributed by atoms with E-state index in [1.54, 1.807) is 25.5 Å². The van der Waals surface area contributed by atoms with E-state index in [0.29, 0.717) is 19.7 Å². The van der Waals surface area contributed by atoms with Crippen LogP contribution in [0.5, 0.6) is 0 Å². The zero-order chi connectivity index (χ0) is 12.3. The molecular formula is C11H16N4O2. The van der Waals surface area contributed by atoms with E-state index >= 15 is 0 Å². The minimum absolute atomic E-state index is 0.429. The molecule has 1 aromatic rings. The Morgan fingerprint density at radius 3 is 3.12 bits per heavy atom. The number of primary amides is 1. The summed E-state index contributed by atoms with van der Waals surface area (Å²) in [5.74, 6) is -0.429. The third-order valence-electron chi connectivity index (χ3n) is 2.88. The van der Waals surface area contributed by atoms with Gasteiger partial charge in [0.25, 0.3) is 5.91 Å². The molecule has 2 N–H and O–H groups in total. The highest BCUT2D eigenvalue weighted by molar-refractivity contribution is 5.83. The van der Waals surface area contributed by atoms with Crippen molar-refractivity contribution in [1.82, 2.24) is 14.9 Å². The molecule has 1 fully saturated rings. The second-order valence-corrected chi connectivity index (χ2v) is 4.35. The van der Waals surface area contributed by atoms with Gasteiger partial charge in [-0.25, -0.2) is 0 Å². The zero-order valence-corrected chi connectivity index (χ0v) is 9.80. The molecule has 2 heterocycles. The number of rotatable bonds is 3. The van der Waals surface area contributed by atoms with Crippen LogP contribution in [0.4, 0.5) is 0 Å². The van der Waals surface area contributed by atoms with Gasteiger partial charge in [-0.05, 0) is 6.92 Å². The monoisotopic (exact) mass is 236 g/mol. The molecule has 0 aromatic carbocycles. The van der Waals surface area contributed by atoms with Crippen molar-refractivity contribution in [2.75, 3.05) is 19.7 Å². The van der Waals surface area contributed by atoms with Gasteiger partial charge in [-0.2, -0.15) is 0 Å². The van der Waals surface area contributed by atoms with E-state index in [9.17, 15) is 4.79 Å². The SMILES string of the molecule is CC1(C(N)=O)CN(Cc2cnccn2)CCO1. The van der Waals surface area contributed by atoms with Crippen LogP contribution in [0, 0.1) is 0 Å². The number of nitrogens with zero attached hydrogens (tertiary/aromatic N) is 3. The van der Waals surface area contributed by atoms with E-state index in [4.69, 9.17) is 10.5 Å². The van der Waals surface area contributed by atoms with E-state index in [2.05, 4.69) is 14.9 Å². The third-order valence-corrected chi connectivity index (χ3v) is 2.88. The molecular weight excluding hydrogens is 220 g/mol. The molecule has 0 saturated carbocycles. The van der Waals surface area contributed by atoms with Crippen LogP contribution < -0.4 is 5.73 Å². The lowest BCUT2D eigenvalue weighted by Gasteiger charge is -2.38. The number of amides is 1. The molecule has 0 aliphatic carbocycles. The van der Waals surface area contributed by atoms with Crippen molar-refractivity contribution in [2.24, 2.45) is 5.73 Å². The van der Waals surface area contributed by atoms with E-state index in [1.165, 1.54) is 0 Å². The normalized spacial score (nSPS) is 25.7. The number of ether oxygens (including phenoxy) is 1. The van der Waals surface area contributed by atoms with Crippen molar-refractivity contribution in [2.45, 2.75) is 19.1 Å². The maximum Gasteiger partial charge on any atom is 0.250 e. The largest absolute Gasteiger partial charge is 0.367 e. The van der Waals surface area contributed by atoms with Crippen LogP contribution in [0.25, 0.3) is 0 Å². The Kier molecular flexibility index (Phi) is 3.35. The first-order valence-corrected chi connectivity index (χ1v) is 5.51. The number of carbonyl (C=O) groups excluding carboxylic acids is 1. The van der Waals surface area contributed by atoms with Crippen molar-refractivity contribution < 1.29 is 9.53 Å².